The third kappa shape index (κ3) is 3.45. The van der Waals surface area contributed by atoms with E-state index >= 15 is 0 Å². The Morgan fingerprint density at radius 1 is 1.45 bits per heavy atom. The highest BCUT2D eigenvalue weighted by Crippen LogP contribution is 2.27. The van der Waals surface area contributed by atoms with Gasteiger partial charge in [-0.1, -0.05) is 18.2 Å². The molecule has 2 rings (SSSR count). The molecule has 0 spiro atoms. The Hall–Kier alpha value is -1.24. The summed E-state index contributed by atoms with van der Waals surface area (Å²) in [5, 5.41) is 12.5. The van der Waals surface area contributed by atoms with Crippen molar-refractivity contribution in [2.45, 2.75) is 20.1 Å². The molecule has 1 fully saturated rings. The van der Waals surface area contributed by atoms with Gasteiger partial charge in [0, 0.05) is 18.7 Å². The lowest BCUT2D eigenvalue weighted by atomic mass is 9.87. The van der Waals surface area contributed by atoms with Crippen LogP contribution in [0.2, 0.25) is 0 Å². The molecule has 0 bridgehead atoms. The van der Waals surface area contributed by atoms with Crippen LogP contribution in [0.1, 0.15) is 11.1 Å². The number of alkyl halides is 2. The molecule has 0 aromatic heterocycles. The average molecular weight is 287 g/mol. The summed E-state index contributed by atoms with van der Waals surface area (Å²) >= 11 is 0. The maximum atomic E-state index is 12.4. The van der Waals surface area contributed by atoms with Gasteiger partial charge in [-0.25, -0.2) is 0 Å². The summed E-state index contributed by atoms with van der Waals surface area (Å²) in [5.74, 6) is 0.220. The SMILES string of the molecule is Cc1cccc(CNCC2(CO)COC2)c1OC(F)F. The van der Waals surface area contributed by atoms with E-state index in [2.05, 4.69) is 10.1 Å². The standard InChI is InChI=1S/C14H19F2NO3/c1-10-3-2-4-11(12(10)20-13(15)16)5-17-6-14(7-18)8-19-9-14/h2-4,13,17-18H,5-9H2,1H3. The molecule has 1 aliphatic heterocycles. The van der Waals surface area contributed by atoms with Gasteiger partial charge >= 0.3 is 6.61 Å². The van der Waals surface area contributed by atoms with Gasteiger partial charge in [-0.3, -0.25) is 0 Å². The lowest BCUT2D eigenvalue weighted by Crippen LogP contribution is -2.52. The van der Waals surface area contributed by atoms with Crippen molar-refractivity contribution in [3.63, 3.8) is 0 Å². The largest absolute Gasteiger partial charge is 0.434 e. The molecule has 112 valence electrons. The van der Waals surface area contributed by atoms with Crippen molar-refractivity contribution >= 4 is 0 Å². The van der Waals surface area contributed by atoms with Crippen LogP contribution in [0.25, 0.3) is 0 Å². The number of rotatable bonds is 7. The minimum Gasteiger partial charge on any atom is -0.434 e. The van der Waals surface area contributed by atoms with Crippen LogP contribution in [0.5, 0.6) is 5.75 Å². The summed E-state index contributed by atoms with van der Waals surface area (Å²) in [6.07, 6.45) is 0. The smallest absolute Gasteiger partial charge is 0.387 e. The van der Waals surface area contributed by atoms with Gasteiger partial charge < -0.3 is 19.9 Å². The van der Waals surface area contributed by atoms with E-state index in [0.29, 0.717) is 37.4 Å². The van der Waals surface area contributed by atoms with Gasteiger partial charge in [0.05, 0.1) is 25.2 Å². The molecule has 1 aromatic rings. The third-order valence-electron chi connectivity index (χ3n) is 3.47. The number of halogens is 2. The van der Waals surface area contributed by atoms with E-state index in [1.807, 2.05) is 0 Å². The molecule has 2 N–H and O–H groups in total. The Balaban J connectivity index is 1.96. The van der Waals surface area contributed by atoms with E-state index in [0.717, 1.165) is 0 Å². The number of hydrogen-bond donors (Lipinski definition) is 2. The van der Waals surface area contributed by atoms with Crippen LogP contribution >= 0.6 is 0 Å². The number of hydrogen-bond acceptors (Lipinski definition) is 4. The van der Waals surface area contributed by atoms with Crippen molar-refractivity contribution in [1.82, 2.24) is 5.32 Å². The van der Waals surface area contributed by atoms with Crippen molar-refractivity contribution in [3.05, 3.63) is 29.3 Å². The Morgan fingerprint density at radius 3 is 2.75 bits per heavy atom. The molecule has 20 heavy (non-hydrogen) atoms. The Morgan fingerprint density at radius 2 is 2.20 bits per heavy atom. The second-order valence-electron chi connectivity index (χ2n) is 5.20. The van der Waals surface area contributed by atoms with Crippen LogP contribution in [-0.2, 0) is 11.3 Å². The van der Waals surface area contributed by atoms with E-state index in [-0.39, 0.29) is 17.8 Å². The predicted octanol–water partition coefficient (Wildman–Crippen LogP) is 1.69. The normalized spacial score (nSPS) is 17.1. The van der Waals surface area contributed by atoms with Crippen molar-refractivity contribution in [3.8, 4) is 5.75 Å². The molecule has 0 saturated carbocycles. The topological polar surface area (TPSA) is 50.7 Å². The number of benzene rings is 1. The van der Waals surface area contributed by atoms with E-state index in [1.165, 1.54) is 0 Å². The summed E-state index contributed by atoms with van der Waals surface area (Å²) < 4.78 is 34.5. The summed E-state index contributed by atoms with van der Waals surface area (Å²) in [6.45, 7) is 0.968. The van der Waals surface area contributed by atoms with E-state index in [4.69, 9.17) is 4.74 Å². The van der Waals surface area contributed by atoms with E-state index < -0.39 is 6.61 Å². The first kappa shape index (κ1) is 15.2. The molecule has 1 saturated heterocycles. The van der Waals surface area contributed by atoms with Crippen molar-refractivity contribution < 1.29 is 23.4 Å². The van der Waals surface area contributed by atoms with E-state index in [1.54, 1.807) is 25.1 Å². The number of aliphatic hydroxyl groups excluding tert-OH is 1. The number of aryl methyl sites for hydroxylation is 1. The quantitative estimate of drug-likeness (QED) is 0.801. The van der Waals surface area contributed by atoms with E-state index in [9.17, 15) is 13.9 Å². The fraction of sp³-hybridized carbons (Fsp3) is 0.571. The summed E-state index contributed by atoms with van der Waals surface area (Å²) in [5.41, 5.74) is 1.11. The van der Waals surface area contributed by atoms with Crippen molar-refractivity contribution in [2.24, 2.45) is 5.41 Å². The Labute approximate surface area is 116 Å². The highest BCUT2D eigenvalue weighted by molar-refractivity contribution is 5.40. The second-order valence-corrected chi connectivity index (χ2v) is 5.20. The summed E-state index contributed by atoms with van der Waals surface area (Å²) in [4.78, 5) is 0. The van der Waals surface area contributed by atoms with Crippen LogP contribution in [0.3, 0.4) is 0 Å². The van der Waals surface area contributed by atoms with Crippen molar-refractivity contribution in [1.29, 1.82) is 0 Å². The molecule has 6 heteroatoms. The minimum atomic E-state index is -2.83. The van der Waals surface area contributed by atoms with Gasteiger partial charge in [-0.05, 0) is 12.5 Å². The fourth-order valence-electron chi connectivity index (χ4n) is 2.21. The molecule has 0 amide bonds. The van der Waals surface area contributed by atoms with Gasteiger partial charge in [-0.2, -0.15) is 8.78 Å². The molecule has 1 aromatic carbocycles. The molecule has 0 unspecified atom stereocenters. The number of nitrogens with one attached hydrogen (secondary N) is 1. The van der Waals surface area contributed by atoms with Crippen LogP contribution in [0.15, 0.2) is 18.2 Å². The zero-order valence-corrected chi connectivity index (χ0v) is 11.4. The molecule has 0 atom stereocenters. The van der Waals surface area contributed by atoms with Crippen molar-refractivity contribution in [2.75, 3.05) is 26.4 Å². The molecule has 0 aliphatic carbocycles. The van der Waals surface area contributed by atoms with Gasteiger partial charge in [0.15, 0.2) is 0 Å². The maximum Gasteiger partial charge on any atom is 0.387 e. The summed E-state index contributed by atoms with van der Waals surface area (Å²) in [7, 11) is 0. The molecular weight excluding hydrogens is 268 g/mol. The summed E-state index contributed by atoms with van der Waals surface area (Å²) in [6, 6.07) is 5.29. The third-order valence-corrected chi connectivity index (χ3v) is 3.47. The lowest BCUT2D eigenvalue weighted by molar-refractivity contribution is -0.134. The first-order chi connectivity index (χ1) is 9.56. The lowest BCUT2D eigenvalue weighted by Gasteiger charge is -2.40. The van der Waals surface area contributed by atoms with Crippen LogP contribution in [-0.4, -0.2) is 38.1 Å². The first-order valence-electron chi connectivity index (χ1n) is 6.49. The highest BCUT2D eigenvalue weighted by atomic mass is 19.3. The van der Waals surface area contributed by atoms with Gasteiger partial charge in [0.2, 0.25) is 0 Å². The van der Waals surface area contributed by atoms with Gasteiger partial charge in [-0.15, -0.1) is 0 Å². The second kappa shape index (κ2) is 6.47. The van der Waals surface area contributed by atoms with Gasteiger partial charge in [0.25, 0.3) is 0 Å². The maximum absolute atomic E-state index is 12.4. The molecular formula is C14H19F2NO3. The molecule has 1 aliphatic rings. The van der Waals surface area contributed by atoms with Crippen LogP contribution < -0.4 is 10.1 Å². The number of para-hydroxylation sites is 1. The average Bonchev–Trinajstić information content (AvgIpc) is 2.36. The first-order valence-corrected chi connectivity index (χ1v) is 6.49. The Bertz CT molecular complexity index is 445. The fourth-order valence-corrected chi connectivity index (χ4v) is 2.21. The minimum absolute atomic E-state index is 0.0498. The molecule has 1 heterocycles. The highest BCUT2D eigenvalue weighted by Gasteiger charge is 2.37. The predicted molar refractivity (Wildman–Crippen MR) is 69.9 cm³/mol. The van der Waals surface area contributed by atoms with Crippen LogP contribution in [0, 0.1) is 12.3 Å². The zero-order valence-electron chi connectivity index (χ0n) is 11.4. The van der Waals surface area contributed by atoms with Gasteiger partial charge in [0.1, 0.15) is 5.75 Å². The number of aliphatic hydroxyl groups is 1. The zero-order chi connectivity index (χ0) is 14.6. The molecule has 0 radical (unpaired) electrons. The number of ether oxygens (including phenoxy) is 2. The molecule has 4 nitrogen and oxygen atoms in total. The monoisotopic (exact) mass is 287 g/mol. The Kier molecular flexibility index (Phi) is 4.91. The van der Waals surface area contributed by atoms with Crippen LogP contribution in [0.4, 0.5) is 8.78 Å².